The zero-order chi connectivity index (χ0) is 17.5. The Labute approximate surface area is 145 Å². The second-order valence-corrected chi connectivity index (χ2v) is 5.60. The molecule has 0 bridgehead atoms. The molecule has 0 spiro atoms. The van der Waals surface area contributed by atoms with Crippen molar-refractivity contribution in [1.29, 1.82) is 5.26 Å². The smallest absolute Gasteiger partial charge is 0.261 e. The Kier molecular flexibility index (Phi) is 6.19. The van der Waals surface area contributed by atoms with Gasteiger partial charge in [0.05, 0.1) is 18.2 Å². The summed E-state index contributed by atoms with van der Waals surface area (Å²) in [6.45, 7) is 1.33. The van der Waals surface area contributed by atoms with E-state index >= 15 is 0 Å². The maximum absolute atomic E-state index is 12.3. The quantitative estimate of drug-likeness (QED) is 0.844. The lowest BCUT2D eigenvalue weighted by Gasteiger charge is -2.21. The fourth-order valence-electron chi connectivity index (χ4n) is 2.12. The van der Waals surface area contributed by atoms with E-state index in [1.54, 1.807) is 55.5 Å². The molecule has 0 aliphatic rings. The summed E-state index contributed by atoms with van der Waals surface area (Å²) in [5.41, 5.74) is 1.09. The van der Waals surface area contributed by atoms with Crippen molar-refractivity contribution in [3.05, 3.63) is 64.7 Å². The predicted octanol–water partition coefficient (Wildman–Crippen LogP) is 2.83. The molecule has 2 N–H and O–H groups in total. The number of carbonyl (C=O) groups excluding carboxylic acids is 1. The molecule has 2 atom stereocenters. The van der Waals surface area contributed by atoms with Gasteiger partial charge in [0, 0.05) is 5.02 Å². The number of aliphatic hydroxyl groups excluding tert-OH is 1. The molecule has 2 aromatic carbocycles. The third-order valence-electron chi connectivity index (χ3n) is 3.45. The molecule has 0 aliphatic heterocycles. The fourth-order valence-corrected chi connectivity index (χ4v) is 2.25. The van der Waals surface area contributed by atoms with Gasteiger partial charge in [-0.05, 0) is 36.8 Å². The first-order valence-corrected chi connectivity index (χ1v) is 7.75. The maximum atomic E-state index is 12.3. The lowest BCUT2D eigenvalue weighted by atomic mass is 10.1. The Balaban J connectivity index is 2.04. The Morgan fingerprint density at radius 2 is 1.96 bits per heavy atom. The van der Waals surface area contributed by atoms with Crippen LogP contribution in [-0.4, -0.2) is 23.7 Å². The molecule has 0 saturated carbocycles. The molecule has 6 heteroatoms. The molecule has 0 radical (unpaired) electrons. The number of nitrogens with zero attached hydrogens (tertiary/aromatic N) is 1. The summed E-state index contributed by atoms with van der Waals surface area (Å²) in [6.07, 6.45) is -0.819. The van der Waals surface area contributed by atoms with Gasteiger partial charge in [-0.3, -0.25) is 4.79 Å². The second-order valence-electron chi connectivity index (χ2n) is 5.16. The van der Waals surface area contributed by atoms with Crippen LogP contribution in [0.4, 0.5) is 0 Å². The number of para-hydroxylation sites is 1. The molecule has 0 aliphatic carbocycles. The monoisotopic (exact) mass is 344 g/mol. The van der Waals surface area contributed by atoms with Gasteiger partial charge in [0.2, 0.25) is 0 Å². The minimum atomic E-state index is -0.819. The van der Waals surface area contributed by atoms with Crippen LogP contribution in [0.2, 0.25) is 5.02 Å². The van der Waals surface area contributed by atoms with Crippen molar-refractivity contribution in [3.63, 3.8) is 0 Å². The molecule has 1 amide bonds. The number of ether oxygens (including phenoxy) is 1. The van der Waals surface area contributed by atoms with E-state index in [9.17, 15) is 9.90 Å². The first-order chi connectivity index (χ1) is 11.5. The number of rotatable bonds is 6. The van der Waals surface area contributed by atoms with Gasteiger partial charge < -0.3 is 15.2 Å². The van der Waals surface area contributed by atoms with Crippen LogP contribution >= 0.6 is 11.6 Å². The van der Waals surface area contributed by atoms with Crippen LogP contribution in [0, 0.1) is 11.3 Å². The van der Waals surface area contributed by atoms with Gasteiger partial charge in [-0.15, -0.1) is 0 Å². The van der Waals surface area contributed by atoms with Crippen molar-refractivity contribution in [2.45, 2.75) is 19.1 Å². The van der Waals surface area contributed by atoms with Gasteiger partial charge in [-0.2, -0.15) is 5.26 Å². The van der Waals surface area contributed by atoms with Gasteiger partial charge in [-0.25, -0.2) is 0 Å². The van der Waals surface area contributed by atoms with Crippen molar-refractivity contribution >= 4 is 17.5 Å². The summed E-state index contributed by atoms with van der Waals surface area (Å²) in [6, 6.07) is 15.0. The average molecular weight is 345 g/mol. The molecule has 0 saturated heterocycles. The molecule has 0 heterocycles. The van der Waals surface area contributed by atoms with E-state index in [0.29, 0.717) is 16.3 Å². The Hall–Kier alpha value is -2.55. The Morgan fingerprint density at radius 3 is 2.58 bits per heavy atom. The average Bonchev–Trinajstić information content (AvgIpc) is 2.60. The summed E-state index contributed by atoms with van der Waals surface area (Å²) in [5, 5.41) is 21.9. The predicted molar refractivity (Wildman–Crippen MR) is 90.7 cm³/mol. The van der Waals surface area contributed by atoms with Gasteiger partial charge in [0.15, 0.2) is 6.10 Å². The lowest BCUT2D eigenvalue weighted by Crippen LogP contribution is -2.39. The van der Waals surface area contributed by atoms with Crippen LogP contribution in [0.15, 0.2) is 48.5 Å². The standard InChI is InChI=1S/C18H17ClN2O3/c1-12(24-17-5-3-2-4-14(17)10-20)18(23)21-16(11-22)13-6-8-15(19)9-7-13/h2-9,12,16,22H,11H2,1H3,(H,21,23). The zero-order valence-corrected chi connectivity index (χ0v) is 13.8. The van der Waals surface area contributed by atoms with E-state index in [2.05, 4.69) is 5.32 Å². The van der Waals surface area contributed by atoms with Crippen LogP contribution in [0.1, 0.15) is 24.1 Å². The summed E-state index contributed by atoms with van der Waals surface area (Å²) in [5.74, 6) is -0.0496. The van der Waals surface area contributed by atoms with E-state index in [0.717, 1.165) is 5.56 Å². The van der Waals surface area contributed by atoms with Gasteiger partial charge in [-0.1, -0.05) is 35.9 Å². The molecule has 0 aromatic heterocycles. The number of nitriles is 1. The molecule has 2 aromatic rings. The summed E-state index contributed by atoms with van der Waals surface area (Å²) in [4.78, 5) is 12.3. The van der Waals surface area contributed by atoms with Crippen molar-refractivity contribution < 1.29 is 14.6 Å². The van der Waals surface area contributed by atoms with Crippen molar-refractivity contribution in [1.82, 2.24) is 5.32 Å². The number of hydrogen-bond acceptors (Lipinski definition) is 4. The van der Waals surface area contributed by atoms with E-state index in [1.807, 2.05) is 6.07 Å². The molecular formula is C18H17ClN2O3. The normalized spacial score (nSPS) is 12.8. The molecule has 124 valence electrons. The largest absolute Gasteiger partial charge is 0.480 e. The van der Waals surface area contributed by atoms with E-state index in [-0.39, 0.29) is 6.61 Å². The summed E-state index contributed by atoms with van der Waals surface area (Å²) >= 11 is 5.84. The number of carbonyl (C=O) groups is 1. The Morgan fingerprint density at radius 1 is 1.29 bits per heavy atom. The minimum absolute atomic E-state index is 0.255. The van der Waals surface area contributed by atoms with Crippen LogP contribution in [0.25, 0.3) is 0 Å². The number of benzene rings is 2. The van der Waals surface area contributed by atoms with Crippen molar-refractivity contribution in [2.75, 3.05) is 6.61 Å². The molecule has 24 heavy (non-hydrogen) atoms. The number of hydrogen-bond donors (Lipinski definition) is 2. The minimum Gasteiger partial charge on any atom is -0.480 e. The molecule has 5 nitrogen and oxygen atoms in total. The summed E-state index contributed by atoms with van der Waals surface area (Å²) < 4.78 is 5.56. The number of halogens is 1. The topological polar surface area (TPSA) is 82.3 Å². The maximum Gasteiger partial charge on any atom is 0.261 e. The fraction of sp³-hybridized carbons (Fsp3) is 0.222. The Bertz CT molecular complexity index is 741. The highest BCUT2D eigenvalue weighted by atomic mass is 35.5. The van der Waals surface area contributed by atoms with Gasteiger partial charge in [0.1, 0.15) is 11.8 Å². The highest BCUT2D eigenvalue weighted by Crippen LogP contribution is 2.19. The first kappa shape index (κ1) is 17.8. The van der Waals surface area contributed by atoms with Crippen molar-refractivity contribution in [3.8, 4) is 11.8 Å². The zero-order valence-electron chi connectivity index (χ0n) is 13.1. The second kappa shape index (κ2) is 8.34. The highest BCUT2D eigenvalue weighted by Gasteiger charge is 2.20. The van der Waals surface area contributed by atoms with Crippen LogP contribution in [-0.2, 0) is 4.79 Å². The number of aliphatic hydroxyl groups is 1. The van der Waals surface area contributed by atoms with Crippen molar-refractivity contribution in [2.24, 2.45) is 0 Å². The molecule has 2 unspecified atom stereocenters. The summed E-state index contributed by atoms with van der Waals surface area (Å²) in [7, 11) is 0. The molecular weight excluding hydrogens is 328 g/mol. The third-order valence-corrected chi connectivity index (χ3v) is 3.70. The van der Waals surface area contributed by atoms with E-state index < -0.39 is 18.1 Å². The number of nitrogens with one attached hydrogen (secondary N) is 1. The van der Waals surface area contributed by atoms with E-state index in [4.69, 9.17) is 21.6 Å². The molecule has 0 fully saturated rings. The van der Waals surface area contributed by atoms with Gasteiger partial charge >= 0.3 is 0 Å². The highest BCUT2D eigenvalue weighted by molar-refractivity contribution is 6.30. The van der Waals surface area contributed by atoms with Crippen LogP contribution in [0.5, 0.6) is 5.75 Å². The van der Waals surface area contributed by atoms with E-state index in [1.165, 1.54) is 0 Å². The number of amides is 1. The van der Waals surface area contributed by atoms with Gasteiger partial charge in [0.25, 0.3) is 5.91 Å². The first-order valence-electron chi connectivity index (χ1n) is 7.37. The lowest BCUT2D eigenvalue weighted by molar-refractivity contribution is -0.128. The third kappa shape index (κ3) is 4.48. The van der Waals surface area contributed by atoms with Crippen LogP contribution in [0.3, 0.4) is 0 Å². The van der Waals surface area contributed by atoms with Crippen LogP contribution < -0.4 is 10.1 Å². The molecule has 2 rings (SSSR count). The SMILES string of the molecule is CC(Oc1ccccc1C#N)C(=O)NC(CO)c1ccc(Cl)cc1.